The van der Waals surface area contributed by atoms with E-state index < -0.39 is 0 Å². The monoisotopic (exact) mass is 213 g/mol. The maximum atomic E-state index is 8.63. The van der Waals surface area contributed by atoms with Crippen LogP contribution in [-0.2, 0) is 0 Å². The van der Waals surface area contributed by atoms with Crippen LogP contribution in [0.25, 0.3) is 0 Å². The highest BCUT2D eigenvalue weighted by molar-refractivity contribution is 6.30. The Morgan fingerprint density at radius 3 is 2.43 bits per heavy atom. The fourth-order valence-corrected chi connectivity index (χ4v) is 1.48. The van der Waals surface area contributed by atoms with Gasteiger partial charge in [0, 0.05) is 17.7 Å². The molecule has 0 bridgehead atoms. The van der Waals surface area contributed by atoms with E-state index in [4.69, 9.17) is 22.4 Å². The molecule has 1 aromatic rings. The highest BCUT2D eigenvalue weighted by atomic mass is 35.5. The van der Waals surface area contributed by atoms with Crippen LogP contribution in [0.15, 0.2) is 24.3 Å². The second-order valence-corrected chi connectivity index (χ2v) is 3.81. The van der Waals surface area contributed by atoms with Gasteiger partial charge in [-0.15, -0.1) is 0 Å². The lowest BCUT2D eigenvalue weighted by Gasteiger charge is -2.11. The summed E-state index contributed by atoms with van der Waals surface area (Å²) in [7, 11) is 0. The Hall–Kier alpha value is -0.570. The quantitative estimate of drug-likeness (QED) is 0.739. The van der Waals surface area contributed by atoms with Crippen LogP contribution >= 0.6 is 11.6 Å². The van der Waals surface area contributed by atoms with Crippen molar-refractivity contribution < 1.29 is 5.11 Å². The second kappa shape index (κ2) is 6.02. The summed E-state index contributed by atoms with van der Waals surface area (Å²) in [6.45, 7) is 0.243. The van der Waals surface area contributed by atoms with E-state index in [1.807, 2.05) is 24.3 Å². The second-order valence-electron chi connectivity index (χ2n) is 3.38. The van der Waals surface area contributed by atoms with Crippen molar-refractivity contribution in [1.82, 2.24) is 0 Å². The molecule has 0 aliphatic rings. The first kappa shape index (κ1) is 11.5. The van der Waals surface area contributed by atoms with Crippen LogP contribution in [0.2, 0.25) is 5.02 Å². The number of aliphatic hydroxyl groups is 1. The molecule has 0 heterocycles. The van der Waals surface area contributed by atoms with Crippen molar-refractivity contribution in [3.63, 3.8) is 0 Å². The van der Waals surface area contributed by atoms with Crippen LogP contribution < -0.4 is 5.73 Å². The molecule has 0 spiro atoms. The van der Waals surface area contributed by atoms with Gasteiger partial charge in [0.15, 0.2) is 0 Å². The Balaban J connectivity index is 2.43. The van der Waals surface area contributed by atoms with Crippen molar-refractivity contribution in [2.24, 2.45) is 5.73 Å². The average Bonchev–Trinajstić information content (AvgIpc) is 2.19. The maximum Gasteiger partial charge on any atom is 0.0431 e. The summed E-state index contributed by atoms with van der Waals surface area (Å²) in [4.78, 5) is 0. The third-order valence-electron chi connectivity index (χ3n) is 2.22. The van der Waals surface area contributed by atoms with Gasteiger partial charge in [-0.25, -0.2) is 0 Å². The zero-order chi connectivity index (χ0) is 10.4. The highest BCUT2D eigenvalue weighted by Gasteiger charge is 2.04. The number of aliphatic hydroxyl groups excluding tert-OH is 1. The molecule has 0 aliphatic carbocycles. The SMILES string of the molecule is NC(CCCCO)c1ccc(Cl)cc1. The molecule has 14 heavy (non-hydrogen) atoms. The molecular formula is C11H16ClNO. The first-order chi connectivity index (χ1) is 6.74. The van der Waals surface area contributed by atoms with Gasteiger partial charge in [0.05, 0.1) is 0 Å². The predicted molar refractivity (Wildman–Crippen MR) is 59.3 cm³/mol. The Bertz CT molecular complexity index is 260. The molecule has 3 heteroatoms. The van der Waals surface area contributed by atoms with E-state index in [1.54, 1.807) is 0 Å². The minimum Gasteiger partial charge on any atom is -0.396 e. The van der Waals surface area contributed by atoms with E-state index in [0.29, 0.717) is 0 Å². The van der Waals surface area contributed by atoms with Crippen LogP contribution in [0.5, 0.6) is 0 Å². The van der Waals surface area contributed by atoms with Crippen LogP contribution in [0.4, 0.5) is 0 Å². The number of nitrogens with two attached hydrogens (primary N) is 1. The fourth-order valence-electron chi connectivity index (χ4n) is 1.35. The normalized spacial score (nSPS) is 12.8. The Labute approximate surface area is 89.7 Å². The van der Waals surface area contributed by atoms with Crippen molar-refractivity contribution in [2.45, 2.75) is 25.3 Å². The summed E-state index contributed by atoms with van der Waals surface area (Å²) in [6.07, 6.45) is 2.68. The first-order valence-electron chi connectivity index (χ1n) is 4.86. The molecule has 0 amide bonds. The molecule has 0 aromatic heterocycles. The molecule has 78 valence electrons. The summed E-state index contributed by atoms with van der Waals surface area (Å²) < 4.78 is 0. The lowest BCUT2D eigenvalue weighted by atomic mass is 10.0. The lowest BCUT2D eigenvalue weighted by Crippen LogP contribution is -2.10. The van der Waals surface area contributed by atoms with Crippen LogP contribution in [0.3, 0.4) is 0 Å². The maximum absolute atomic E-state index is 8.63. The molecule has 0 aliphatic heterocycles. The molecule has 0 saturated carbocycles. The number of halogens is 1. The molecule has 1 rings (SSSR count). The largest absolute Gasteiger partial charge is 0.396 e. The van der Waals surface area contributed by atoms with Gasteiger partial charge >= 0.3 is 0 Å². The van der Waals surface area contributed by atoms with E-state index in [0.717, 1.165) is 29.8 Å². The Kier molecular flexibility index (Phi) is 4.94. The summed E-state index contributed by atoms with van der Waals surface area (Å²) >= 11 is 5.77. The average molecular weight is 214 g/mol. The van der Waals surface area contributed by atoms with Gasteiger partial charge in [-0.1, -0.05) is 23.7 Å². The summed E-state index contributed by atoms with van der Waals surface area (Å²) in [5.41, 5.74) is 7.07. The van der Waals surface area contributed by atoms with Crippen molar-refractivity contribution in [1.29, 1.82) is 0 Å². The fraction of sp³-hybridized carbons (Fsp3) is 0.455. The third-order valence-corrected chi connectivity index (χ3v) is 2.47. The molecular weight excluding hydrogens is 198 g/mol. The van der Waals surface area contributed by atoms with Crippen LogP contribution in [0, 0.1) is 0 Å². The highest BCUT2D eigenvalue weighted by Crippen LogP contribution is 2.18. The van der Waals surface area contributed by atoms with Gasteiger partial charge in [0.2, 0.25) is 0 Å². The molecule has 0 fully saturated rings. The van der Waals surface area contributed by atoms with Crippen LogP contribution in [0.1, 0.15) is 30.9 Å². The lowest BCUT2D eigenvalue weighted by molar-refractivity contribution is 0.281. The van der Waals surface area contributed by atoms with E-state index in [2.05, 4.69) is 0 Å². The van der Waals surface area contributed by atoms with Gasteiger partial charge in [-0.3, -0.25) is 0 Å². The van der Waals surface area contributed by atoms with Crippen LogP contribution in [-0.4, -0.2) is 11.7 Å². The van der Waals surface area contributed by atoms with Crippen molar-refractivity contribution in [3.05, 3.63) is 34.9 Å². The number of unbranched alkanes of at least 4 members (excludes halogenated alkanes) is 1. The van der Waals surface area contributed by atoms with Crippen molar-refractivity contribution in [2.75, 3.05) is 6.61 Å². The minimum absolute atomic E-state index is 0.0545. The van der Waals surface area contributed by atoms with Gasteiger partial charge in [0.25, 0.3) is 0 Å². The van der Waals surface area contributed by atoms with E-state index >= 15 is 0 Å². The smallest absolute Gasteiger partial charge is 0.0431 e. The Morgan fingerprint density at radius 1 is 1.21 bits per heavy atom. The molecule has 2 nitrogen and oxygen atoms in total. The number of rotatable bonds is 5. The van der Waals surface area contributed by atoms with Gasteiger partial charge in [-0.2, -0.15) is 0 Å². The van der Waals surface area contributed by atoms with E-state index in [-0.39, 0.29) is 12.6 Å². The standard InChI is InChI=1S/C11H16ClNO/c12-10-6-4-9(5-7-10)11(13)3-1-2-8-14/h4-7,11,14H,1-3,8,13H2. The molecule has 1 atom stereocenters. The van der Waals surface area contributed by atoms with Gasteiger partial charge in [-0.05, 0) is 37.0 Å². The number of benzene rings is 1. The third kappa shape index (κ3) is 3.66. The molecule has 1 aromatic carbocycles. The van der Waals surface area contributed by atoms with Gasteiger partial charge < -0.3 is 10.8 Å². The number of hydrogen-bond acceptors (Lipinski definition) is 2. The minimum atomic E-state index is 0.0545. The van der Waals surface area contributed by atoms with Crippen molar-refractivity contribution >= 4 is 11.6 Å². The zero-order valence-electron chi connectivity index (χ0n) is 8.12. The summed E-state index contributed by atoms with van der Waals surface area (Å²) in [5.74, 6) is 0. The molecule has 0 saturated heterocycles. The molecule has 1 unspecified atom stereocenters. The summed E-state index contributed by atoms with van der Waals surface area (Å²) in [6, 6.07) is 7.66. The van der Waals surface area contributed by atoms with Crippen molar-refractivity contribution in [3.8, 4) is 0 Å². The number of hydrogen-bond donors (Lipinski definition) is 2. The molecule has 0 radical (unpaired) electrons. The summed E-state index contributed by atoms with van der Waals surface area (Å²) in [5, 5.41) is 9.36. The topological polar surface area (TPSA) is 46.2 Å². The first-order valence-corrected chi connectivity index (χ1v) is 5.23. The zero-order valence-corrected chi connectivity index (χ0v) is 8.87. The van der Waals surface area contributed by atoms with Gasteiger partial charge in [0.1, 0.15) is 0 Å². The van der Waals surface area contributed by atoms with E-state index in [1.165, 1.54) is 0 Å². The molecule has 3 N–H and O–H groups in total. The van der Waals surface area contributed by atoms with E-state index in [9.17, 15) is 0 Å². The predicted octanol–water partition coefficient (Wildman–Crippen LogP) is 2.50. The Morgan fingerprint density at radius 2 is 1.86 bits per heavy atom.